The second kappa shape index (κ2) is 9.74. The molecule has 0 aliphatic heterocycles. The molecule has 1 N–H and O–H groups in total. The highest BCUT2D eigenvalue weighted by Gasteiger charge is 2.09. The van der Waals surface area contributed by atoms with Crippen LogP contribution in [0.15, 0.2) is 36.7 Å². The maximum atomic E-state index is 13.5. The molecule has 3 aromatic rings. The fourth-order valence-corrected chi connectivity index (χ4v) is 3.53. The molecule has 6 heteroatoms. The van der Waals surface area contributed by atoms with E-state index in [1.807, 2.05) is 31.3 Å². The van der Waals surface area contributed by atoms with E-state index in [2.05, 4.69) is 45.9 Å². The third kappa shape index (κ3) is 5.48. The number of aromatic nitrogens is 3. The monoisotopic (exact) mass is 395 g/mol. The molecule has 0 spiro atoms. The number of benzene rings is 1. The first-order chi connectivity index (χ1) is 14.0. The predicted octanol–water partition coefficient (Wildman–Crippen LogP) is 5.06. The van der Waals surface area contributed by atoms with Gasteiger partial charge in [0.05, 0.1) is 5.52 Å². The lowest BCUT2D eigenvalue weighted by molar-refractivity contribution is 0.295. The predicted molar refractivity (Wildman–Crippen MR) is 118 cm³/mol. The first-order valence-electron chi connectivity index (χ1n) is 10.4. The second-order valence-electron chi connectivity index (χ2n) is 7.50. The Hall–Kier alpha value is -2.60. The van der Waals surface area contributed by atoms with E-state index in [-0.39, 0.29) is 0 Å². The number of pyridine rings is 1. The van der Waals surface area contributed by atoms with Gasteiger partial charge in [-0.1, -0.05) is 19.9 Å². The largest absolute Gasteiger partial charge is 0.352 e. The molecule has 0 fully saturated rings. The fourth-order valence-electron chi connectivity index (χ4n) is 3.53. The van der Waals surface area contributed by atoms with Crippen molar-refractivity contribution >= 4 is 16.9 Å². The molecule has 29 heavy (non-hydrogen) atoms. The maximum absolute atomic E-state index is 13.5. The molecule has 1 aromatic carbocycles. The van der Waals surface area contributed by atoms with Crippen molar-refractivity contribution in [2.45, 2.75) is 46.6 Å². The summed E-state index contributed by atoms with van der Waals surface area (Å²) in [7, 11) is 0. The lowest BCUT2D eigenvalue weighted by Crippen LogP contribution is -2.25. The van der Waals surface area contributed by atoms with E-state index in [0.29, 0.717) is 12.0 Å². The fraction of sp³-hybridized carbons (Fsp3) is 0.435. The van der Waals surface area contributed by atoms with Gasteiger partial charge in [0.1, 0.15) is 0 Å². The number of nitrogens with zero attached hydrogens (tertiary/aromatic N) is 4. The Kier molecular flexibility index (Phi) is 7.09. The molecule has 0 bridgehead atoms. The van der Waals surface area contributed by atoms with Crippen molar-refractivity contribution in [2.75, 3.05) is 25.0 Å². The summed E-state index contributed by atoms with van der Waals surface area (Å²) < 4.78 is 13.5. The zero-order valence-corrected chi connectivity index (χ0v) is 17.7. The Morgan fingerprint density at radius 1 is 1.10 bits per heavy atom. The average molecular weight is 396 g/mol. The van der Waals surface area contributed by atoms with Crippen molar-refractivity contribution in [2.24, 2.45) is 0 Å². The molecule has 0 saturated carbocycles. The van der Waals surface area contributed by atoms with E-state index in [4.69, 9.17) is 0 Å². The summed E-state index contributed by atoms with van der Waals surface area (Å²) in [6.45, 7) is 11.8. The first kappa shape index (κ1) is 21.1. The van der Waals surface area contributed by atoms with Crippen LogP contribution in [-0.2, 0) is 0 Å². The van der Waals surface area contributed by atoms with E-state index in [1.165, 1.54) is 6.07 Å². The highest BCUT2D eigenvalue weighted by molar-refractivity contribution is 5.85. The van der Waals surface area contributed by atoms with Gasteiger partial charge in [0.2, 0.25) is 11.9 Å². The Labute approximate surface area is 172 Å². The minimum absolute atomic E-state index is 0.310. The highest BCUT2D eigenvalue weighted by Crippen LogP contribution is 2.26. The summed E-state index contributed by atoms with van der Waals surface area (Å²) in [4.78, 5) is 15.3. The van der Waals surface area contributed by atoms with Crippen molar-refractivity contribution in [3.63, 3.8) is 0 Å². The molecule has 2 heterocycles. The molecule has 5 nitrogen and oxygen atoms in total. The van der Waals surface area contributed by atoms with Crippen molar-refractivity contribution in [3.05, 3.63) is 48.2 Å². The van der Waals surface area contributed by atoms with Gasteiger partial charge < -0.3 is 10.2 Å². The first-order valence-corrected chi connectivity index (χ1v) is 10.4. The molecule has 0 aliphatic carbocycles. The van der Waals surface area contributed by atoms with E-state index < -0.39 is 5.95 Å². The molecular formula is C23H30FN5. The number of hydrogen-bond donors (Lipinski definition) is 1. The van der Waals surface area contributed by atoms with Crippen molar-refractivity contribution < 1.29 is 4.39 Å². The van der Waals surface area contributed by atoms with E-state index in [0.717, 1.165) is 60.1 Å². The number of anilines is 1. The molecular weight excluding hydrogens is 365 g/mol. The Balaban J connectivity index is 1.68. The van der Waals surface area contributed by atoms with Crippen LogP contribution in [0.5, 0.6) is 0 Å². The van der Waals surface area contributed by atoms with Crippen molar-refractivity contribution in [3.8, 4) is 11.1 Å². The van der Waals surface area contributed by atoms with Crippen molar-refractivity contribution in [1.29, 1.82) is 0 Å². The van der Waals surface area contributed by atoms with Gasteiger partial charge in [-0.3, -0.25) is 0 Å². The Morgan fingerprint density at radius 3 is 2.66 bits per heavy atom. The van der Waals surface area contributed by atoms with E-state index >= 15 is 0 Å². The molecule has 1 atom stereocenters. The normalized spacial score (nSPS) is 12.5. The summed E-state index contributed by atoms with van der Waals surface area (Å²) in [5.41, 5.74) is 3.58. The SMILES string of the molecule is CCN(CC)CCCC(C)Nc1ncc2cc(-c3cc(F)ncc3C)ccc2n1. The summed E-state index contributed by atoms with van der Waals surface area (Å²) >= 11 is 0. The van der Waals surface area contributed by atoms with E-state index in [1.54, 1.807) is 6.20 Å². The number of nitrogens with one attached hydrogen (secondary N) is 1. The van der Waals surface area contributed by atoms with Gasteiger partial charge in [-0.25, -0.2) is 15.0 Å². The van der Waals surface area contributed by atoms with Crippen LogP contribution in [0.3, 0.4) is 0 Å². The molecule has 0 aliphatic rings. The number of hydrogen-bond acceptors (Lipinski definition) is 5. The zero-order chi connectivity index (χ0) is 20.8. The third-order valence-electron chi connectivity index (χ3n) is 5.34. The average Bonchev–Trinajstić information content (AvgIpc) is 2.72. The smallest absolute Gasteiger partial charge is 0.223 e. The van der Waals surface area contributed by atoms with Gasteiger partial charge in [0.25, 0.3) is 0 Å². The Morgan fingerprint density at radius 2 is 1.90 bits per heavy atom. The van der Waals surface area contributed by atoms with Crippen LogP contribution < -0.4 is 5.32 Å². The molecule has 0 radical (unpaired) electrons. The van der Waals surface area contributed by atoms with Crippen LogP contribution >= 0.6 is 0 Å². The molecule has 2 aromatic heterocycles. The molecule has 0 amide bonds. The highest BCUT2D eigenvalue weighted by atomic mass is 19.1. The van der Waals surface area contributed by atoms with Gasteiger partial charge in [-0.2, -0.15) is 4.39 Å². The maximum Gasteiger partial charge on any atom is 0.223 e. The van der Waals surface area contributed by atoms with Crippen LogP contribution in [0.4, 0.5) is 10.3 Å². The van der Waals surface area contributed by atoms with Gasteiger partial charge in [0.15, 0.2) is 0 Å². The quantitative estimate of drug-likeness (QED) is 0.513. The summed E-state index contributed by atoms with van der Waals surface area (Å²) in [5.74, 6) is 0.170. The topological polar surface area (TPSA) is 53.9 Å². The lowest BCUT2D eigenvalue weighted by atomic mass is 10.0. The van der Waals surface area contributed by atoms with Gasteiger partial charge in [-0.15, -0.1) is 0 Å². The van der Waals surface area contributed by atoms with Gasteiger partial charge in [-0.05, 0) is 75.1 Å². The Bertz CT molecular complexity index is 955. The number of halogens is 1. The van der Waals surface area contributed by atoms with Gasteiger partial charge >= 0.3 is 0 Å². The third-order valence-corrected chi connectivity index (χ3v) is 5.34. The molecule has 0 saturated heterocycles. The minimum Gasteiger partial charge on any atom is -0.352 e. The number of aryl methyl sites for hydroxylation is 1. The summed E-state index contributed by atoms with van der Waals surface area (Å²) in [6, 6.07) is 7.70. The van der Waals surface area contributed by atoms with Crippen LogP contribution in [0.1, 0.15) is 39.2 Å². The minimum atomic E-state index is -0.475. The standard InChI is InChI=1S/C23H30FN5/c1-5-29(6-2)11-7-8-17(4)27-23-26-15-19-12-18(9-10-21(19)28-23)20-13-22(24)25-14-16(20)3/h9-10,12-15,17H,5-8,11H2,1-4H3,(H,26,27,28). The van der Waals surface area contributed by atoms with Crippen LogP contribution in [0.25, 0.3) is 22.0 Å². The van der Waals surface area contributed by atoms with Crippen molar-refractivity contribution in [1.82, 2.24) is 19.9 Å². The molecule has 154 valence electrons. The number of fused-ring (bicyclic) bond motifs is 1. The molecule has 1 unspecified atom stereocenters. The molecule has 3 rings (SSSR count). The van der Waals surface area contributed by atoms with Crippen LogP contribution in [0, 0.1) is 12.9 Å². The zero-order valence-electron chi connectivity index (χ0n) is 17.7. The van der Waals surface area contributed by atoms with Gasteiger partial charge in [0, 0.05) is 29.9 Å². The van der Waals surface area contributed by atoms with E-state index in [9.17, 15) is 4.39 Å². The number of rotatable bonds is 9. The lowest BCUT2D eigenvalue weighted by Gasteiger charge is -2.19. The second-order valence-corrected chi connectivity index (χ2v) is 7.50. The van der Waals surface area contributed by atoms with Crippen LogP contribution in [-0.4, -0.2) is 45.5 Å². The van der Waals surface area contributed by atoms with Crippen LogP contribution in [0.2, 0.25) is 0 Å². The summed E-state index contributed by atoms with van der Waals surface area (Å²) in [5, 5.41) is 4.34. The summed E-state index contributed by atoms with van der Waals surface area (Å²) in [6.07, 6.45) is 5.60.